The average Bonchev–Trinajstić information content (AvgIpc) is 3.17. The van der Waals surface area contributed by atoms with Gasteiger partial charge < -0.3 is 9.88 Å². The topological polar surface area (TPSA) is 70.6 Å². The molecular weight excluding hydrogens is 312 g/mol. The molecule has 0 aliphatic carbocycles. The van der Waals surface area contributed by atoms with Crippen LogP contribution in [0.2, 0.25) is 0 Å². The van der Waals surface area contributed by atoms with E-state index in [1.807, 2.05) is 44.6 Å². The van der Waals surface area contributed by atoms with Crippen LogP contribution in [-0.4, -0.2) is 38.0 Å². The van der Waals surface area contributed by atoms with Crippen molar-refractivity contribution in [2.45, 2.75) is 32.6 Å². The van der Waals surface area contributed by atoms with E-state index in [9.17, 15) is 0 Å². The number of hydrogen-bond acceptors (Lipinski definition) is 5. The summed E-state index contributed by atoms with van der Waals surface area (Å²) in [7, 11) is 0. The lowest BCUT2D eigenvalue weighted by atomic mass is 9.97. The van der Waals surface area contributed by atoms with Crippen molar-refractivity contribution >= 4 is 5.95 Å². The van der Waals surface area contributed by atoms with E-state index in [0.717, 1.165) is 60.3 Å². The molecule has 0 spiro atoms. The monoisotopic (exact) mass is 334 g/mol. The summed E-state index contributed by atoms with van der Waals surface area (Å²) in [6.07, 6.45) is 7.80. The predicted octanol–water partition coefficient (Wildman–Crippen LogP) is 3.26. The fourth-order valence-electron chi connectivity index (χ4n) is 3.49. The highest BCUT2D eigenvalue weighted by Gasteiger charge is 2.24. The molecule has 6 heteroatoms. The number of nitrogens with one attached hydrogen (secondary N) is 1. The van der Waals surface area contributed by atoms with Crippen LogP contribution in [0.1, 0.15) is 36.0 Å². The normalized spacial score (nSPS) is 17.7. The maximum absolute atomic E-state index is 4.82. The first-order chi connectivity index (χ1) is 12.2. The first-order valence-corrected chi connectivity index (χ1v) is 8.72. The molecule has 1 unspecified atom stereocenters. The number of H-pyrrole nitrogens is 1. The van der Waals surface area contributed by atoms with Gasteiger partial charge in [0.25, 0.3) is 0 Å². The van der Waals surface area contributed by atoms with E-state index < -0.39 is 0 Å². The fraction of sp³-hybridized carbons (Fsp3) is 0.368. The molecule has 128 valence electrons. The number of aromatic nitrogens is 5. The number of piperidine rings is 1. The van der Waals surface area contributed by atoms with Gasteiger partial charge in [-0.15, -0.1) is 0 Å². The third-order valence-electron chi connectivity index (χ3n) is 4.75. The second kappa shape index (κ2) is 6.63. The third kappa shape index (κ3) is 3.24. The smallest absolute Gasteiger partial charge is 0.225 e. The number of hydrogen-bond donors (Lipinski definition) is 1. The zero-order valence-corrected chi connectivity index (χ0v) is 14.6. The van der Waals surface area contributed by atoms with Crippen LogP contribution in [0.25, 0.3) is 11.3 Å². The Morgan fingerprint density at radius 2 is 2.00 bits per heavy atom. The Balaban J connectivity index is 1.60. The number of imidazole rings is 1. The summed E-state index contributed by atoms with van der Waals surface area (Å²) in [6, 6.07) is 6.07. The van der Waals surface area contributed by atoms with Crippen molar-refractivity contribution < 1.29 is 0 Å². The standard InChI is InChI=1S/C19H22N6/c1-13-5-6-16(14(2)23-13)17-7-8-22-19(24-17)25-11-3-4-15(12-25)18-20-9-10-21-18/h5-10,15H,3-4,11-12H2,1-2H3,(H,20,21). The Hall–Kier alpha value is -2.76. The quantitative estimate of drug-likeness (QED) is 0.796. The number of nitrogens with zero attached hydrogens (tertiary/aromatic N) is 5. The lowest BCUT2D eigenvalue weighted by Gasteiger charge is -2.32. The van der Waals surface area contributed by atoms with Gasteiger partial charge in [0.05, 0.1) is 5.69 Å². The minimum absolute atomic E-state index is 0.402. The molecule has 4 rings (SSSR count). The summed E-state index contributed by atoms with van der Waals surface area (Å²) in [5.41, 5.74) is 4.01. The predicted molar refractivity (Wildman–Crippen MR) is 97.5 cm³/mol. The first-order valence-electron chi connectivity index (χ1n) is 8.72. The summed E-state index contributed by atoms with van der Waals surface area (Å²) in [5.74, 6) is 2.24. The van der Waals surface area contributed by atoms with Crippen LogP contribution in [0.4, 0.5) is 5.95 Å². The number of rotatable bonds is 3. The van der Waals surface area contributed by atoms with Crippen molar-refractivity contribution in [3.05, 3.63) is 54.0 Å². The summed E-state index contributed by atoms with van der Waals surface area (Å²) in [4.78, 5) is 23.8. The van der Waals surface area contributed by atoms with Gasteiger partial charge in [0, 0.05) is 54.5 Å². The maximum Gasteiger partial charge on any atom is 0.225 e. The van der Waals surface area contributed by atoms with Gasteiger partial charge in [-0.05, 0) is 44.9 Å². The minimum atomic E-state index is 0.402. The molecule has 6 nitrogen and oxygen atoms in total. The Bertz CT molecular complexity index is 858. The Morgan fingerprint density at radius 1 is 1.08 bits per heavy atom. The van der Waals surface area contributed by atoms with Crippen molar-refractivity contribution in [1.82, 2.24) is 24.9 Å². The Morgan fingerprint density at radius 3 is 2.80 bits per heavy atom. The van der Waals surface area contributed by atoms with Crippen molar-refractivity contribution in [1.29, 1.82) is 0 Å². The largest absolute Gasteiger partial charge is 0.348 e. The maximum atomic E-state index is 4.82. The fourth-order valence-corrected chi connectivity index (χ4v) is 3.49. The summed E-state index contributed by atoms with van der Waals surface area (Å²) < 4.78 is 0. The van der Waals surface area contributed by atoms with Gasteiger partial charge in [-0.3, -0.25) is 4.98 Å². The molecule has 25 heavy (non-hydrogen) atoms. The van der Waals surface area contributed by atoms with Crippen LogP contribution in [0.3, 0.4) is 0 Å². The van der Waals surface area contributed by atoms with Crippen LogP contribution < -0.4 is 4.90 Å². The molecule has 0 radical (unpaired) electrons. The van der Waals surface area contributed by atoms with Gasteiger partial charge >= 0.3 is 0 Å². The van der Waals surface area contributed by atoms with Crippen molar-refractivity contribution in [3.8, 4) is 11.3 Å². The molecule has 1 saturated heterocycles. The molecule has 0 aromatic carbocycles. The van der Waals surface area contributed by atoms with E-state index >= 15 is 0 Å². The van der Waals surface area contributed by atoms with E-state index in [1.165, 1.54) is 0 Å². The Labute approximate surface area is 147 Å². The molecule has 4 heterocycles. The highest BCUT2D eigenvalue weighted by atomic mass is 15.3. The first kappa shape index (κ1) is 15.7. The van der Waals surface area contributed by atoms with E-state index in [0.29, 0.717) is 5.92 Å². The molecule has 3 aromatic rings. The number of aryl methyl sites for hydroxylation is 2. The second-order valence-electron chi connectivity index (χ2n) is 6.59. The van der Waals surface area contributed by atoms with Gasteiger partial charge in [-0.25, -0.2) is 15.0 Å². The van der Waals surface area contributed by atoms with Gasteiger partial charge in [-0.2, -0.15) is 0 Å². The molecule has 0 saturated carbocycles. The van der Waals surface area contributed by atoms with Crippen molar-refractivity contribution in [2.24, 2.45) is 0 Å². The van der Waals surface area contributed by atoms with Gasteiger partial charge in [0.15, 0.2) is 0 Å². The molecule has 1 aliphatic rings. The highest BCUT2D eigenvalue weighted by molar-refractivity contribution is 5.62. The lowest BCUT2D eigenvalue weighted by molar-refractivity contribution is 0.488. The van der Waals surface area contributed by atoms with Gasteiger partial charge in [0.2, 0.25) is 5.95 Å². The van der Waals surface area contributed by atoms with Gasteiger partial charge in [0.1, 0.15) is 5.82 Å². The highest BCUT2D eigenvalue weighted by Crippen LogP contribution is 2.28. The molecule has 1 fully saturated rings. The van der Waals surface area contributed by atoms with Crippen molar-refractivity contribution in [3.63, 3.8) is 0 Å². The van der Waals surface area contributed by atoms with Crippen LogP contribution in [0.15, 0.2) is 36.8 Å². The third-order valence-corrected chi connectivity index (χ3v) is 4.75. The molecule has 3 aromatic heterocycles. The summed E-state index contributed by atoms with van der Waals surface area (Å²) in [5, 5.41) is 0. The second-order valence-corrected chi connectivity index (χ2v) is 6.59. The zero-order valence-electron chi connectivity index (χ0n) is 14.6. The van der Waals surface area contributed by atoms with Crippen LogP contribution in [0.5, 0.6) is 0 Å². The van der Waals surface area contributed by atoms with Gasteiger partial charge in [-0.1, -0.05) is 0 Å². The summed E-state index contributed by atoms with van der Waals surface area (Å²) >= 11 is 0. The van der Waals surface area contributed by atoms with E-state index in [4.69, 9.17) is 4.98 Å². The molecule has 1 atom stereocenters. The van der Waals surface area contributed by atoms with Crippen LogP contribution >= 0.6 is 0 Å². The number of anilines is 1. The minimum Gasteiger partial charge on any atom is -0.348 e. The number of aromatic amines is 1. The average molecular weight is 334 g/mol. The van der Waals surface area contributed by atoms with Crippen LogP contribution in [0, 0.1) is 13.8 Å². The molecule has 1 aliphatic heterocycles. The van der Waals surface area contributed by atoms with E-state index in [-0.39, 0.29) is 0 Å². The van der Waals surface area contributed by atoms with E-state index in [1.54, 1.807) is 0 Å². The van der Waals surface area contributed by atoms with Crippen molar-refractivity contribution in [2.75, 3.05) is 18.0 Å². The number of pyridine rings is 1. The van der Waals surface area contributed by atoms with Crippen LogP contribution in [-0.2, 0) is 0 Å². The SMILES string of the molecule is Cc1ccc(-c2ccnc(N3CCCC(c4ncc[nH]4)C3)n2)c(C)n1. The summed E-state index contributed by atoms with van der Waals surface area (Å²) in [6.45, 7) is 5.90. The van der Waals surface area contributed by atoms with E-state index in [2.05, 4.69) is 30.9 Å². The lowest BCUT2D eigenvalue weighted by Crippen LogP contribution is -2.36. The Kier molecular flexibility index (Phi) is 4.17. The zero-order chi connectivity index (χ0) is 17.2. The molecular formula is C19H22N6. The molecule has 0 amide bonds. The molecule has 1 N–H and O–H groups in total. The molecule has 0 bridgehead atoms.